The fourth-order valence-electron chi connectivity index (χ4n) is 0.955. The molecule has 0 saturated heterocycles. The first-order valence-corrected chi connectivity index (χ1v) is 3.85. The summed E-state index contributed by atoms with van der Waals surface area (Å²) in [6, 6.07) is 4.09. The van der Waals surface area contributed by atoms with Crippen molar-refractivity contribution >= 4 is 0 Å². The average molecular weight is 152 g/mol. The zero-order valence-corrected chi connectivity index (χ0v) is 7.08. The molecule has 0 atom stereocenters. The van der Waals surface area contributed by atoms with Crippen LogP contribution in [0.4, 0.5) is 0 Å². The van der Waals surface area contributed by atoms with Crippen LogP contribution >= 0.6 is 0 Å². The summed E-state index contributed by atoms with van der Waals surface area (Å²) in [4.78, 5) is 0. The lowest BCUT2D eigenvalue weighted by Gasteiger charge is -1.97. The lowest BCUT2D eigenvalue weighted by Crippen LogP contribution is -2.26. The molecule has 0 amide bonds. The molecule has 60 valence electrons. The molecule has 1 heterocycles. The molecule has 0 aliphatic rings. The number of ether oxygens (including phenoxy) is 1. The molecule has 0 fully saturated rings. The number of hydrogen-bond donors (Lipinski definition) is 0. The zero-order valence-electron chi connectivity index (χ0n) is 7.08. The van der Waals surface area contributed by atoms with Gasteiger partial charge in [-0.2, -0.15) is 0 Å². The van der Waals surface area contributed by atoms with Crippen molar-refractivity contribution in [3.05, 3.63) is 30.1 Å². The van der Waals surface area contributed by atoms with Crippen LogP contribution in [0.15, 0.2) is 24.5 Å². The van der Waals surface area contributed by atoms with E-state index in [-0.39, 0.29) is 0 Å². The molecule has 2 heteroatoms. The minimum absolute atomic E-state index is 0.713. The number of nitrogens with zero attached hydrogens (tertiary/aromatic N) is 1. The SMILES string of the molecule is CCOCc1ccc[n+](C)c1. The van der Waals surface area contributed by atoms with Gasteiger partial charge in [-0.05, 0) is 13.0 Å². The molecule has 2 nitrogen and oxygen atoms in total. The fourth-order valence-corrected chi connectivity index (χ4v) is 0.955. The number of hydrogen-bond acceptors (Lipinski definition) is 1. The third kappa shape index (κ3) is 2.68. The molecule has 0 aliphatic heterocycles. The van der Waals surface area contributed by atoms with E-state index in [1.807, 2.05) is 30.8 Å². The summed E-state index contributed by atoms with van der Waals surface area (Å²) in [7, 11) is 2.01. The van der Waals surface area contributed by atoms with E-state index in [1.165, 1.54) is 5.56 Å². The molecule has 0 unspecified atom stereocenters. The predicted octanol–water partition coefficient (Wildman–Crippen LogP) is 1.05. The minimum Gasteiger partial charge on any atom is -0.377 e. The molecule has 0 bridgehead atoms. The molecule has 11 heavy (non-hydrogen) atoms. The highest BCUT2D eigenvalue weighted by Gasteiger charge is 1.95. The summed E-state index contributed by atoms with van der Waals surface area (Å²) in [5, 5.41) is 0. The summed E-state index contributed by atoms with van der Waals surface area (Å²) in [6.07, 6.45) is 4.07. The summed E-state index contributed by atoms with van der Waals surface area (Å²) >= 11 is 0. The second-order valence-corrected chi connectivity index (χ2v) is 2.51. The molecule has 1 aromatic rings. The maximum absolute atomic E-state index is 5.26. The molecule has 1 aromatic heterocycles. The monoisotopic (exact) mass is 152 g/mol. The number of rotatable bonds is 3. The van der Waals surface area contributed by atoms with Crippen LogP contribution in [-0.4, -0.2) is 6.61 Å². The summed E-state index contributed by atoms with van der Waals surface area (Å²) in [5.74, 6) is 0. The Morgan fingerprint density at radius 2 is 2.36 bits per heavy atom. The lowest BCUT2D eigenvalue weighted by atomic mass is 10.3. The standard InChI is InChI=1S/C9H14NO/c1-3-11-8-9-5-4-6-10(2)7-9/h4-7H,3,8H2,1-2H3/q+1. The largest absolute Gasteiger partial charge is 0.377 e. The first-order valence-electron chi connectivity index (χ1n) is 3.85. The van der Waals surface area contributed by atoms with E-state index in [4.69, 9.17) is 4.74 Å². The third-order valence-corrected chi connectivity index (χ3v) is 1.47. The van der Waals surface area contributed by atoms with Gasteiger partial charge in [0.1, 0.15) is 7.05 Å². The van der Waals surface area contributed by atoms with Crippen LogP contribution < -0.4 is 4.57 Å². The normalized spacial score (nSPS) is 10.0. The van der Waals surface area contributed by atoms with E-state index < -0.39 is 0 Å². The van der Waals surface area contributed by atoms with Gasteiger partial charge >= 0.3 is 0 Å². The van der Waals surface area contributed by atoms with Crippen LogP contribution in [0.3, 0.4) is 0 Å². The van der Waals surface area contributed by atoms with Crippen molar-refractivity contribution in [1.29, 1.82) is 0 Å². The van der Waals surface area contributed by atoms with Crippen LogP contribution in [0.25, 0.3) is 0 Å². The average Bonchev–Trinajstić information content (AvgIpc) is 2.01. The molecule has 0 radical (unpaired) electrons. The van der Waals surface area contributed by atoms with Crippen molar-refractivity contribution in [2.75, 3.05) is 6.61 Å². The van der Waals surface area contributed by atoms with Crippen molar-refractivity contribution in [2.45, 2.75) is 13.5 Å². The van der Waals surface area contributed by atoms with Gasteiger partial charge in [0.15, 0.2) is 12.4 Å². The highest BCUT2D eigenvalue weighted by atomic mass is 16.5. The van der Waals surface area contributed by atoms with Crippen LogP contribution in [0.1, 0.15) is 12.5 Å². The quantitative estimate of drug-likeness (QED) is 0.590. The van der Waals surface area contributed by atoms with E-state index >= 15 is 0 Å². The van der Waals surface area contributed by atoms with Crippen molar-refractivity contribution < 1.29 is 9.30 Å². The highest BCUT2D eigenvalue weighted by molar-refractivity contribution is 5.03. The Balaban J connectivity index is 2.56. The Labute approximate surface area is 67.4 Å². The van der Waals surface area contributed by atoms with Gasteiger partial charge in [-0.15, -0.1) is 0 Å². The fraction of sp³-hybridized carbons (Fsp3) is 0.444. The molecule has 1 rings (SSSR count). The second-order valence-electron chi connectivity index (χ2n) is 2.51. The Kier molecular flexibility index (Phi) is 3.05. The van der Waals surface area contributed by atoms with E-state index in [0.29, 0.717) is 6.61 Å². The van der Waals surface area contributed by atoms with Crippen molar-refractivity contribution in [2.24, 2.45) is 7.05 Å². The van der Waals surface area contributed by atoms with Crippen LogP contribution in [0.2, 0.25) is 0 Å². The van der Waals surface area contributed by atoms with Gasteiger partial charge in [0, 0.05) is 18.2 Å². The maximum atomic E-state index is 5.26. The predicted molar refractivity (Wildman–Crippen MR) is 42.9 cm³/mol. The van der Waals surface area contributed by atoms with E-state index in [0.717, 1.165) is 6.61 Å². The van der Waals surface area contributed by atoms with Crippen molar-refractivity contribution in [3.63, 3.8) is 0 Å². The van der Waals surface area contributed by atoms with Crippen LogP contribution in [-0.2, 0) is 18.4 Å². The first-order chi connectivity index (χ1) is 5.33. The molecular formula is C9H14NO+. The minimum atomic E-state index is 0.713. The highest BCUT2D eigenvalue weighted by Crippen LogP contribution is 1.95. The maximum Gasteiger partial charge on any atom is 0.174 e. The smallest absolute Gasteiger partial charge is 0.174 e. The van der Waals surface area contributed by atoms with Gasteiger partial charge in [0.25, 0.3) is 0 Å². The Hall–Kier alpha value is -0.890. The van der Waals surface area contributed by atoms with Gasteiger partial charge in [0.2, 0.25) is 0 Å². The van der Waals surface area contributed by atoms with Crippen LogP contribution in [0, 0.1) is 0 Å². The van der Waals surface area contributed by atoms with Gasteiger partial charge in [-0.3, -0.25) is 0 Å². The molecule has 0 aliphatic carbocycles. The molecule has 0 spiro atoms. The van der Waals surface area contributed by atoms with E-state index in [9.17, 15) is 0 Å². The van der Waals surface area contributed by atoms with Gasteiger partial charge in [-0.25, -0.2) is 4.57 Å². The van der Waals surface area contributed by atoms with Gasteiger partial charge in [0.05, 0.1) is 6.61 Å². The number of aromatic nitrogens is 1. The zero-order chi connectivity index (χ0) is 8.10. The molecule has 0 aromatic carbocycles. The number of aryl methyl sites for hydroxylation is 1. The van der Waals surface area contributed by atoms with Gasteiger partial charge < -0.3 is 4.74 Å². The van der Waals surface area contributed by atoms with Gasteiger partial charge in [-0.1, -0.05) is 0 Å². The Bertz CT molecular complexity index is 223. The molecule has 0 N–H and O–H groups in total. The number of pyridine rings is 1. The van der Waals surface area contributed by atoms with E-state index in [2.05, 4.69) is 12.3 Å². The summed E-state index contributed by atoms with van der Waals surface area (Å²) in [6.45, 7) is 3.49. The van der Waals surface area contributed by atoms with Crippen molar-refractivity contribution in [3.8, 4) is 0 Å². The molecular weight excluding hydrogens is 138 g/mol. The van der Waals surface area contributed by atoms with Crippen LogP contribution in [0.5, 0.6) is 0 Å². The summed E-state index contributed by atoms with van der Waals surface area (Å²) < 4.78 is 7.28. The summed E-state index contributed by atoms with van der Waals surface area (Å²) in [5.41, 5.74) is 1.22. The third-order valence-electron chi connectivity index (χ3n) is 1.47. The Morgan fingerprint density at radius 1 is 1.55 bits per heavy atom. The first kappa shape index (κ1) is 8.21. The Morgan fingerprint density at radius 3 is 3.00 bits per heavy atom. The lowest BCUT2D eigenvalue weighted by molar-refractivity contribution is -0.672. The second kappa shape index (κ2) is 4.09. The topological polar surface area (TPSA) is 13.1 Å². The van der Waals surface area contributed by atoms with E-state index in [1.54, 1.807) is 0 Å². The van der Waals surface area contributed by atoms with Crippen molar-refractivity contribution in [1.82, 2.24) is 0 Å². The molecule has 0 saturated carbocycles.